The molecule has 1 unspecified atom stereocenters. The van der Waals surface area contributed by atoms with Crippen molar-refractivity contribution in [3.8, 4) is 0 Å². The molecule has 0 aromatic carbocycles. The van der Waals surface area contributed by atoms with E-state index in [-0.39, 0.29) is 17.7 Å². The van der Waals surface area contributed by atoms with Gasteiger partial charge in [0, 0.05) is 18.7 Å². The summed E-state index contributed by atoms with van der Waals surface area (Å²) in [7, 11) is 0. The van der Waals surface area contributed by atoms with Crippen molar-refractivity contribution >= 4 is 11.6 Å². The largest absolute Gasteiger partial charge is 0.368 e. The zero-order chi connectivity index (χ0) is 15.1. The minimum atomic E-state index is -0.656. The number of rotatable bonds is 8. The monoisotopic (exact) mass is 285 g/mol. The molecule has 0 bridgehead atoms. The van der Waals surface area contributed by atoms with Crippen LogP contribution in [-0.2, 0) is 0 Å². The van der Waals surface area contributed by atoms with E-state index in [1.54, 1.807) is 0 Å². The van der Waals surface area contributed by atoms with Gasteiger partial charge in [0.05, 0.1) is 0 Å². The highest BCUT2D eigenvalue weighted by Gasteiger charge is 2.17. The fourth-order valence-corrected chi connectivity index (χ4v) is 2.26. The van der Waals surface area contributed by atoms with Crippen LogP contribution in [0.15, 0.2) is 6.07 Å². The molecule has 0 aliphatic rings. The molecule has 1 atom stereocenters. The molecule has 0 radical (unpaired) electrons. The van der Waals surface area contributed by atoms with Crippen molar-refractivity contribution in [3.05, 3.63) is 17.7 Å². The van der Waals surface area contributed by atoms with E-state index < -0.39 is 11.6 Å². The molecular formula is C15H25F2N3. The van der Waals surface area contributed by atoms with Gasteiger partial charge in [-0.1, -0.05) is 33.6 Å². The lowest BCUT2D eigenvalue weighted by molar-refractivity contribution is 0.434. The van der Waals surface area contributed by atoms with Gasteiger partial charge in [0.2, 0.25) is 0 Å². The number of hydrogen-bond acceptors (Lipinski definition) is 3. The van der Waals surface area contributed by atoms with Crippen LogP contribution in [0, 0.1) is 17.6 Å². The van der Waals surface area contributed by atoms with Crippen molar-refractivity contribution in [2.45, 2.75) is 53.0 Å². The Kier molecular flexibility index (Phi) is 6.68. The predicted octanol–water partition coefficient (Wildman–Crippen LogP) is 4.42. The highest BCUT2D eigenvalue weighted by molar-refractivity contribution is 5.48. The second-order valence-corrected chi connectivity index (χ2v) is 5.09. The van der Waals surface area contributed by atoms with Crippen molar-refractivity contribution < 1.29 is 8.78 Å². The average molecular weight is 285 g/mol. The average Bonchev–Trinajstić information content (AvgIpc) is 2.42. The second-order valence-electron chi connectivity index (χ2n) is 5.09. The maximum atomic E-state index is 13.8. The molecule has 0 fully saturated rings. The Morgan fingerprint density at radius 2 is 1.70 bits per heavy atom. The first kappa shape index (κ1) is 16.7. The topological polar surface area (TPSA) is 37.0 Å². The van der Waals surface area contributed by atoms with Gasteiger partial charge < -0.3 is 10.6 Å². The second kappa shape index (κ2) is 8.02. The molecule has 1 aromatic heterocycles. The van der Waals surface area contributed by atoms with Gasteiger partial charge in [-0.25, -0.2) is 13.8 Å². The van der Waals surface area contributed by atoms with Crippen molar-refractivity contribution in [1.82, 2.24) is 4.98 Å². The Morgan fingerprint density at radius 3 is 2.25 bits per heavy atom. The van der Waals surface area contributed by atoms with Gasteiger partial charge in [-0.05, 0) is 19.3 Å². The molecule has 0 saturated heterocycles. The minimum Gasteiger partial charge on any atom is -0.368 e. The summed E-state index contributed by atoms with van der Waals surface area (Å²) < 4.78 is 27.4. The van der Waals surface area contributed by atoms with Crippen molar-refractivity contribution in [2.24, 2.45) is 5.92 Å². The standard InChI is InChI=1S/C15H25F2N3/c1-5-8-18-14-12(16)9-13(17)15(20-14)19-10(4)11(6-2)7-3/h9-11H,5-8H2,1-4H3,(H2,18,19,20). The summed E-state index contributed by atoms with van der Waals surface area (Å²) in [6, 6.07) is 0.976. The van der Waals surface area contributed by atoms with Crippen LogP contribution in [-0.4, -0.2) is 17.6 Å². The number of aromatic nitrogens is 1. The quantitative estimate of drug-likeness (QED) is 0.742. The molecule has 5 heteroatoms. The lowest BCUT2D eigenvalue weighted by Crippen LogP contribution is -2.26. The summed E-state index contributed by atoms with van der Waals surface area (Å²) in [5, 5.41) is 5.93. The maximum Gasteiger partial charge on any atom is 0.168 e. The van der Waals surface area contributed by atoms with Gasteiger partial charge in [0.1, 0.15) is 0 Å². The molecule has 0 saturated carbocycles. The molecule has 0 aliphatic carbocycles. The van der Waals surface area contributed by atoms with Gasteiger partial charge in [-0.3, -0.25) is 0 Å². The molecule has 114 valence electrons. The Hall–Kier alpha value is -1.39. The van der Waals surface area contributed by atoms with Gasteiger partial charge in [0.15, 0.2) is 23.3 Å². The van der Waals surface area contributed by atoms with Crippen LogP contribution in [0.3, 0.4) is 0 Å². The molecule has 1 rings (SSSR count). The van der Waals surface area contributed by atoms with Crippen LogP contribution in [0.1, 0.15) is 47.0 Å². The van der Waals surface area contributed by atoms with Crippen LogP contribution in [0.2, 0.25) is 0 Å². The molecule has 20 heavy (non-hydrogen) atoms. The molecule has 0 aliphatic heterocycles. The van der Waals surface area contributed by atoms with Gasteiger partial charge >= 0.3 is 0 Å². The van der Waals surface area contributed by atoms with E-state index in [0.717, 1.165) is 25.3 Å². The summed E-state index contributed by atoms with van der Waals surface area (Å²) in [5.74, 6) is -0.649. The first-order valence-electron chi connectivity index (χ1n) is 7.39. The van der Waals surface area contributed by atoms with E-state index >= 15 is 0 Å². The zero-order valence-electron chi connectivity index (χ0n) is 12.8. The van der Waals surface area contributed by atoms with Crippen molar-refractivity contribution in [3.63, 3.8) is 0 Å². The number of anilines is 2. The van der Waals surface area contributed by atoms with E-state index in [1.807, 2.05) is 13.8 Å². The van der Waals surface area contributed by atoms with Crippen LogP contribution in [0.25, 0.3) is 0 Å². The summed E-state index contributed by atoms with van der Waals surface area (Å²) in [6.07, 6.45) is 2.87. The highest BCUT2D eigenvalue weighted by atomic mass is 19.1. The maximum absolute atomic E-state index is 13.8. The van der Waals surface area contributed by atoms with Gasteiger partial charge in [-0.2, -0.15) is 0 Å². The third kappa shape index (κ3) is 4.32. The Morgan fingerprint density at radius 1 is 1.10 bits per heavy atom. The summed E-state index contributed by atoms with van der Waals surface area (Å²) >= 11 is 0. The molecular weight excluding hydrogens is 260 g/mol. The van der Waals surface area contributed by atoms with E-state index in [2.05, 4.69) is 29.5 Å². The number of pyridine rings is 1. The first-order valence-corrected chi connectivity index (χ1v) is 7.39. The van der Waals surface area contributed by atoms with E-state index in [9.17, 15) is 8.78 Å². The van der Waals surface area contributed by atoms with Crippen molar-refractivity contribution in [2.75, 3.05) is 17.2 Å². The summed E-state index contributed by atoms with van der Waals surface area (Å²) in [5.41, 5.74) is 0. The van der Waals surface area contributed by atoms with E-state index in [1.165, 1.54) is 0 Å². The number of nitrogens with one attached hydrogen (secondary N) is 2. The molecule has 0 amide bonds. The number of hydrogen-bond donors (Lipinski definition) is 2. The van der Waals surface area contributed by atoms with Gasteiger partial charge in [0.25, 0.3) is 0 Å². The van der Waals surface area contributed by atoms with Crippen LogP contribution < -0.4 is 10.6 Å². The Labute approximate surface area is 120 Å². The third-order valence-corrected chi connectivity index (χ3v) is 3.59. The van der Waals surface area contributed by atoms with Crippen molar-refractivity contribution in [1.29, 1.82) is 0 Å². The van der Waals surface area contributed by atoms with Crippen LogP contribution in [0.5, 0.6) is 0 Å². The minimum absolute atomic E-state index is 0.0940. The molecule has 1 aromatic rings. The number of nitrogens with zero attached hydrogens (tertiary/aromatic N) is 1. The summed E-state index contributed by atoms with van der Waals surface area (Å²) in [4.78, 5) is 4.03. The van der Waals surface area contributed by atoms with E-state index in [4.69, 9.17) is 0 Å². The number of halogens is 2. The molecule has 2 N–H and O–H groups in total. The van der Waals surface area contributed by atoms with Crippen LogP contribution >= 0.6 is 0 Å². The van der Waals surface area contributed by atoms with Gasteiger partial charge in [-0.15, -0.1) is 0 Å². The summed E-state index contributed by atoms with van der Waals surface area (Å²) in [6.45, 7) is 8.80. The SMILES string of the molecule is CCCNc1nc(NC(C)C(CC)CC)c(F)cc1F. The lowest BCUT2D eigenvalue weighted by Gasteiger charge is -2.23. The molecule has 0 spiro atoms. The molecule has 1 heterocycles. The first-order chi connectivity index (χ1) is 9.53. The fraction of sp³-hybridized carbons (Fsp3) is 0.667. The Bertz CT molecular complexity index is 420. The normalized spacial score (nSPS) is 12.6. The lowest BCUT2D eigenvalue weighted by atomic mass is 9.95. The fourth-order valence-electron chi connectivity index (χ4n) is 2.26. The predicted molar refractivity (Wildman–Crippen MR) is 80.1 cm³/mol. The zero-order valence-corrected chi connectivity index (χ0v) is 12.8. The smallest absolute Gasteiger partial charge is 0.168 e. The molecule has 3 nitrogen and oxygen atoms in total. The highest BCUT2D eigenvalue weighted by Crippen LogP contribution is 2.22. The Balaban J connectivity index is 2.88. The van der Waals surface area contributed by atoms with E-state index in [0.29, 0.717) is 12.5 Å². The van der Waals surface area contributed by atoms with Crippen LogP contribution in [0.4, 0.5) is 20.4 Å². The third-order valence-electron chi connectivity index (χ3n) is 3.59.